The van der Waals surface area contributed by atoms with Crippen LogP contribution in [-0.2, 0) is 14.6 Å². The largest absolute Gasteiger partial charge is 0.352 e. The first-order valence-corrected chi connectivity index (χ1v) is 14.9. The highest BCUT2D eigenvalue weighted by Gasteiger charge is 2.35. The summed E-state index contributed by atoms with van der Waals surface area (Å²) in [4.78, 5) is 19.2. The van der Waals surface area contributed by atoms with E-state index in [0.29, 0.717) is 5.82 Å². The standard InChI is InChI=1S/C28H35N3O3S/c1-35(33,34)23-16-10-13-21(19-23)27-30-24-17-8-9-18-25(24)31(27)26(20-11-4-2-5-12-20)28(32)29-22-14-6-3-7-15-22/h8-10,13,16-20,22,26H,2-7,11-12,14-15H2,1H3,(H,29,32). The van der Waals surface area contributed by atoms with Crippen molar-refractivity contribution in [3.05, 3.63) is 48.5 Å². The number of aromatic nitrogens is 2. The molecule has 0 bridgehead atoms. The summed E-state index contributed by atoms with van der Waals surface area (Å²) >= 11 is 0. The molecule has 2 aliphatic carbocycles. The lowest BCUT2D eigenvalue weighted by atomic mass is 9.82. The van der Waals surface area contributed by atoms with E-state index in [1.165, 1.54) is 19.1 Å². The van der Waals surface area contributed by atoms with Crippen molar-refractivity contribution >= 4 is 26.8 Å². The van der Waals surface area contributed by atoms with Crippen LogP contribution < -0.4 is 5.32 Å². The molecule has 0 spiro atoms. The van der Waals surface area contributed by atoms with Crippen LogP contribution in [0.5, 0.6) is 0 Å². The maximum Gasteiger partial charge on any atom is 0.243 e. The van der Waals surface area contributed by atoms with Gasteiger partial charge >= 0.3 is 0 Å². The second-order valence-corrected chi connectivity index (χ2v) is 12.3. The first-order chi connectivity index (χ1) is 16.9. The summed E-state index contributed by atoms with van der Waals surface area (Å²) in [7, 11) is -3.37. The number of para-hydroxylation sites is 2. The van der Waals surface area contributed by atoms with E-state index in [4.69, 9.17) is 4.98 Å². The molecule has 1 aromatic heterocycles. The summed E-state index contributed by atoms with van der Waals surface area (Å²) in [5.74, 6) is 0.959. The second kappa shape index (κ2) is 10.1. The van der Waals surface area contributed by atoms with Crippen LogP contribution in [0.15, 0.2) is 53.4 Å². The molecular weight excluding hydrogens is 458 g/mol. The molecule has 5 rings (SSSR count). The number of carbonyl (C=O) groups excluding carboxylic acids is 1. The average Bonchev–Trinajstić information content (AvgIpc) is 3.24. The van der Waals surface area contributed by atoms with E-state index in [0.717, 1.165) is 68.0 Å². The number of benzene rings is 2. The molecule has 186 valence electrons. The highest BCUT2D eigenvalue weighted by molar-refractivity contribution is 7.90. The lowest BCUT2D eigenvalue weighted by Crippen LogP contribution is -2.43. The third-order valence-corrected chi connectivity index (χ3v) is 8.82. The third-order valence-electron chi connectivity index (χ3n) is 7.71. The van der Waals surface area contributed by atoms with Crippen molar-refractivity contribution in [1.82, 2.24) is 14.9 Å². The van der Waals surface area contributed by atoms with Gasteiger partial charge in [0.05, 0.1) is 15.9 Å². The lowest BCUT2D eigenvalue weighted by molar-refractivity contribution is -0.127. The fourth-order valence-corrected chi connectivity index (χ4v) is 6.59. The van der Waals surface area contributed by atoms with Crippen LogP contribution in [0.1, 0.15) is 70.3 Å². The van der Waals surface area contributed by atoms with Crippen LogP contribution >= 0.6 is 0 Å². The molecule has 1 heterocycles. The van der Waals surface area contributed by atoms with Gasteiger partial charge in [-0.3, -0.25) is 4.79 Å². The fraction of sp³-hybridized carbons (Fsp3) is 0.500. The van der Waals surface area contributed by atoms with Crippen molar-refractivity contribution in [2.24, 2.45) is 5.92 Å². The number of amides is 1. The Morgan fingerprint density at radius 1 is 0.943 bits per heavy atom. The van der Waals surface area contributed by atoms with Gasteiger partial charge in [-0.1, -0.05) is 62.8 Å². The van der Waals surface area contributed by atoms with Gasteiger partial charge in [-0.25, -0.2) is 13.4 Å². The number of fused-ring (bicyclic) bond motifs is 1. The van der Waals surface area contributed by atoms with Gasteiger partial charge < -0.3 is 9.88 Å². The predicted molar refractivity (Wildman–Crippen MR) is 139 cm³/mol. The average molecular weight is 494 g/mol. The van der Waals surface area contributed by atoms with Gasteiger partial charge in [0.15, 0.2) is 9.84 Å². The fourth-order valence-electron chi connectivity index (χ4n) is 5.92. The number of sulfone groups is 1. The summed E-state index contributed by atoms with van der Waals surface area (Å²) in [6, 6.07) is 14.7. The van der Waals surface area contributed by atoms with E-state index in [1.54, 1.807) is 18.2 Å². The van der Waals surface area contributed by atoms with Crippen molar-refractivity contribution < 1.29 is 13.2 Å². The van der Waals surface area contributed by atoms with Crippen molar-refractivity contribution in [2.45, 2.75) is 81.2 Å². The molecule has 2 saturated carbocycles. The molecule has 7 heteroatoms. The summed E-state index contributed by atoms with van der Waals surface area (Å²) in [6.45, 7) is 0. The smallest absolute Gasteiger partial charge is 0.243 e. The number of carbonyl (C=O) groups is 1. The molecule has 1 amide bonds. The highest BCUT2D eigenvalue weighted by atomic mass is 32.2. The van der Waals surface area contributed by atoms with Crippen LogP contribution in [0.25, 0.3) is 22.4 Å². The van der Waals surface area contributed by atoms with Crippen molar-refractivity contribution in [3.63, 3.8) is 0 Å². The Morgan fingerprint density at radius 2 is 1.63 bits per heavy atom. The van der Waals surface area contributed by atoms with Crippen LogP contribution in [0.2, 0.25) is 0 Å². The number of hydrogen-bond acceptors (Lipinski definition) is 4. The topological polar surface area (TPSA) is 81.1 Å². The maximum absolute atomic E-state index is 14.0. The Bertz CT molecular complexity index is 1300. The molecule has 2 fully saturated rings. The van der Waals surface area contributed by atoms with Gasteiger partial charge in [0.1, 0.15) is 11.9 Å². The summed E-state index contributed by atoms with van der Waals surface area (Å²) in [6.07, 6.45) is 12.4. The van der Waals surface area contributed by atoms with Crippen molar-refractivity contribution in [2.75, 3.05) is 6.26 Å². The number of rotatable bonds is 6. The molecule has 1 unspecified atom stereocenters. The zero-order valence-corrected chi connectivity index (χ0v) is 21.3. The van der Waals surface area contributed by atoms with E-state index in [1.807, 2.05) is 30.3 Å². The van der Waals surface area contributed by atoms with Gasteiger partial charge in [0.25, 0.3) is 0 Å². The molecule has 2 aromatic carbocycles. The number of imidazole rings is 1. The quantitative estimate of drug-likeness (QED) is 0.479. The molecule has 0 saturated heterocycles. The van der Waals surface area contributed by atoms with E-state index in [2.05, 4.69) is 9.88 Å². The molecule has 0 aliphatic heterocycles. The Balaban J connectivity index is 1.64. The number of nitrogens with one attached hydrogen (secondary N) is 1. The molecule has 3 aromatic rings. The summed E-state index contributed by atoms with van der Waals surface area (Å²) < 4.78 is 26.7. The predicted octanol–water partition coefficient (Wildman–Crippen LogP) is 5.68. The molecule has 6 nitrogen and oxygen atoms in total. The van der Waals surface area contributed by atoms with Gasteiger partial charge in [0, 0.05) is 17.9 Å². The minimum Gasteiger partial charge on any atom is -0.352 e. The molecule has 0 radical (unpaired) electrons. The first kappa shape index (κ1) is 24.0. The SMILES string of the molecule is CS(=O)(=O)c1cccc(-c2nc3ccccc3n2C(C(=O)NC2CCCCC2)C2CCCCC2)c1. The molecule has 1 atom stereocenters. The minimum atomic E-state index is -3.37. The van der Waals surface area contributed by atoms with Crippen LogP contribution in [0, 0.1) is 5.92 Å². The van der Waals surface area contributed by atoms with Gasteiger partial charge in [-0.05, 0) is 55.9 Å². The summed E-state index contributed by atoms with van der Waals surface area (Å²) in [5, 5.41) is 3.40. The van der Waals surface area contributed by atoms with E-state index in [-0.39, 0.29) is 28.8 Å². The second-order valence-electron chi connectivity index (χ2n) is 10.3. The monoisotopic (exact) mass is 493 g/mol. The summed E-state index contributed by atoms with van der Waals surface area (Å²) in [5.41, 5.74) is 2.45. The van der Waals surface area contributed by atoms with E-state index >= 15 is 0 Å². The Kier molecular flexibility index (Phi) is 6.96. The molecule has 35 heavy (non-hydrogen) atoms. The molecule has 1 N–H and O–H groups in total. The maximum atomic E-state index is 14.0. The zero-order valence-electron chi connectivity index (χ0n) is 20.4. The van der Waals surface area contributed by atoms with Gasteiger partial charge in [-0.2, -0.15) is 0 Å². The Morgan fingerprint density at radius 3 is 2.34 bits per heavy atom. The van der Waals surface area contributed by atoms with Crippen molar-refractivity contribution in [3.8, 4) is 11.4 Å². The molecule has 2 aliphatic rings. The number of hydrogen-bond donors (Lipinski definition) is 1. The van der Waals surface area contributed by atoms with E-state index < -0.39 is 9.84 Å². The number of nitrogens with zero attached hydrogens (tertiary/aromatic N) is 2. The third kappa shape index (κ3) is 5.15. The minimum absolute atomic E-state index is 0.0764. The highest BCUT2D eigenvalue weighted by Crippen LogP contribution is 2.39. The Hall–Kier alpha value is -2.67. The van der Waals surface area contributed by atoms with Crippen LogP contribution in [0.4, 0.5) is 0 Å². The molecular formula is C28H35N3O3S. The van der Waals surface area contributed by atoms with Crippen LogP contribution in [0.3, 0.4) is 0 Å². The normalized spacial score (nSPS) is 19.0. The van der Waals surface area contributed by atoms with Gasteiger partial charge in [-0.15, -0.1) is 0 Å². The lowest BCUT2D eigenvalue weighted by Gasteiger charge is -2.33. The zero-order chi connectivity index (χ0) is 24.4. The first-order valence-electron chi connectivity index (χ1n) is 13.0. The van der Waals surface area contributed by atoms with Crippen LogP contribution in [-0.4, -0.2) is 36.2 Å². The van der Waals surface area contributed by atoms with Gasteiger partial charge in [0.2, 0.25) is 5.91 Å². The Labute approximate surface area is 208 Å². The van der Waals surface area contributed by atoms with E-state index in [9.17, 15) is 13.2 Å². The van der Waals surface area contributed by atoms with Crippen molar-refractivity contribution in [1.29, 1.82) is 0 Å².